The van der Waals surface area contributed by atoms with Crippen molar-refractivity contribution >= 4 is 26.5 Å². The quantitative estimate of drug-likeness (QED) is 0.685. The summed E-state index contributed by atoms with van der Waals surface area (Å²) >= 11 is 0. The van der Waals surface area contributed by atoms with Crippen molar-refractivity contribution in [3.63, 3.8) is 0 Å². The number of amides is 1. The van der Waals surface area contributed by atoms with Gasteiger partial charge in [0.05, 0.1) is 10.9 Å². The molecule has 0 radical (unpaired) electrons. The van der Waals surface area contributed by atoms with Crippen molar-refractivity contribution in [3.8, 4) is 5.75 Å². The zero-order valence-corrected chi connectivity index (χ0v) is 16.9. The molecule has 1 amide bonds. The van der Waals surface area contributed by atoms with E-state index in [9.17, 15) is 13.2 Å². The van der Waals surface area contributed by atoms with Crippen molar-refractivity contribution in [2.75, 3.05) is 6.26 Å². The molecule has 0 unspecified atom stereocenters. The van der Waals surface area contributed by atoms with Gasteiger partial charge in [0.25, 0.3) is 5.91 Å². The topological polar surface area (TPSA) is 72.5 Å². The fourth-order valence-electron chi connectivity index (χ4n) is 2.96. The first-order valence-electron chi connectivity index (χ1n) is 9.00. The van der Waals surface area contributed by atoms with E-state index >= 15 is 0 Å². The summed E-state index contributed by atoms with van der Waals surface area (Å²) in [6.07, 6.45) is 0.489. The average Bonchev–Trinajstić information content (AvgIpc) is 2.67. The highest BCUT2D eigenvalue weighted by atomic mass is 32.2. The van der Waals surface area contributed by atoms with Crippen LogP contribution in [0, 0.1) is 0 Å². The second-order valence-electron chi connectivity index (χ2n) is 6.81. The SMILES string of the molecule is C[C@@H](Oc1cccc2ccccc12)C(=O)N[C@H](C)c1ccc(S(C)(=O)=O)cc1. The molecular weight excluding hydrogens is 374 g/mol. The van der Waals surface area contributed by atoms with Crippen LogP contribution in [0.3, 0.4) is 0 Å². The van der Waals surface area contributed by atoms with Gasteiger partial charge in [0, 0.05) is 11.6 Å². The summed E-state index contributed by atoms with van der Waals surface area (Å²) in [7, 11) is -3.24. The van der Waals surface area contributed by atoms with Gasteiger partial charge >= 0.3 is 0 Å². The predicted molar refractivity (Wildman–Crippen MR) is 110 cm³/mol. The van der Waals surface area contributed by atoms with E-state index in [2.05, 4.69) is 5.32 Å². The Morgan fingerprint density at radius 1 is 0.929 bits per heavy atom. The third-order valence-electron chi connectivity index (χ3n) is 4.59. The van der Waals surface area contributed by atoms with Gasteiger partial charge in [-0.15, -0.1) is 0 Å². The highest BCUT2D eigenvalue weighted by Crippen LogP contribution is 2.26. The van der Waals surface area contributed by atoms with E-state index < -0.39 is 15.9 Å². The fourth-order valence-corrected chi connectivity index (χ4v) is 3.59. The van der Waals surface area contributed by atoms with Gasteiger partial charge in [0.15, 0.2) is 15.9 Å². The van der Waals surface area contributed by atoms with E-state index in [1.54, 1.807) is 31.2 Å². The molecular formula is C22H23NO4S. The first-order valence-corrected chi connectivity index (χ1v) is 10.9. The summed E-state index contributed by atoms with van der Waals surface area (Å²) in [6.45, 7) is 3.55. The Morgan fingerprint density at radius 2 is 1.57 bits per heavy atom. The first kappa shape index (κ1) is 19.9. The van der Waals surface area contributed by atoms with Gasteiger partial charge in [-0.25, -0.2) is 8.42 Å². The molecule has 0 fully saturated rings. The second-order valence-corrected chi connectivity index (χ2v) is 8.82. The molecule has 3 rings (SSSR count). The van der Waals surface area contributed by atoms with Crippen LogP contribution in [0.25, 0.3) is 10.8 Å². The standard InChI is InChI=1S/C22H23NO4S/c1-15(17-11-13-19(14-12-17)28(3,25)26)23-22(24)16(2)27-21-10-6-8-18-7-4-5-9-20(18)21/h4-16H,1-3H3,(H,23,24)/t15-,16-/m1/s1. The van der Waals surface area contributed by atoms with Gasteiger partial charge < -0.3 is 10.1 Å². The maximum Gasteiger partial charge on any atom is 0.261 e. The minimum absolute atomic E-state index is 0.243. The van der Waals surface area contributed by atoms with Gasteiger partial charge in [-0.05, 0) is 43.0 Å². The highest BCUT2D eigenvalue weighted by molar-refractivity contribution is 7.90. The molecule has 0 aliphatic heterocycles. The van der Waals surface area contributed by atoms with Gasteiger partial charge in [-0.2, -0.15) is 0 Å². The maximum atomic E-state index is 12.6. The molecule has 1 N–H and O–H groups in total. The molecule has 0 aromatic heterocycles. The summed E-state index contributed by atoms with van der Waals surface area (Å²) in [4.78, 5) is 12.8. The number of hydrogen-bond donors (Lipinski definition) is 1. The number of ether oxygens (including phenoxy) is 1. The summed E-state index contributed by atoms with van der Waals surface area (Å²) in [6, 6.07) is 19.8. The summed E-state index contributed by atoms with van der Waals surface area (Å²) in [5.74, 6) is 0.415. The lowest BCUT2D eigenvalue weighted by Gasteiger charge is -2.20. The van der Waals surface area contributed by atoms with Crippen LogP contribution in [0.1, 0.15) is 25.5 Å². The van der Waals surface area contributed by atoms with Crippen molar-refractivity contribution in [2.45, 2.75) is 30.9 Å². The highest BCUT2D eigenvalue weighted by Gasteiger charge is 2.19. The number of hydrogen-bond acceptors (Lipinski definition) is 4. The molecule has 28 heavy (non-hydrogen) atoms. The molecule has 2 atom stereocenters. The molecule has 6 heteroatoms. The number of carbonyl (C=O) groups is 1. The van der Waals surface area contributed by atoms with Crippen LogP contribution in [0.15, 0.2) is 71.6 Å². The molecule has 0 aliphatic rings. The number of nitrogens with one attached hydrogen (secondary N) is 1. The van der Waals surface area contributed by atoms with Crippen molar-refractivity contribution in [1.29, 1.82) is 0 Å². The fraction of sp³-hybridized carbons (Fsp3) is 0.227. The Labute approximate surface area is 165 Å². The lowest BCUT2D eigenvalue weighted by molar-refractivity contribution is -0.127. The van der Waals surface area contributed by atoms with Gasteiger partial charge in [-0.3, -0.25) is 4.79 Å². The van der Waals surface area contributed by atoms with Crippen LogP contribution in [-0.2, 0) is 14.6 Å². The van der Waals surface area contributed by atoms with Gasteiger partial charge in [0.1, 0.15) is 5.75 Å². The third kappa shape index (κ3) is 4.51. The maximum absolute atomic E-state index is 12.6. The van der Waals surface area contributed by atoms with Crippen LogP contribution < -0.4 is 10.1 Å². The molecule has 146 valence electrons. The van der Waals surface area contributed by atoms with E-state index in [0.717, 1.165) is 16.3 Å². The molecule has 0 saturated carbocycles. The zero-order chi connectivity index (χ0) is 20.3. The second kappa shape index (κ2) is 8.02. The van der Waals surface area contributed by atoms with Crippen molar-refractivity contribution in [2.24, 2.45) is 0 Å². The summed E-state index contributed by atoms with van der Waals surface area (Å²) in [5, 5.41) is 4.91. The summed E-state index contributed by atoms with van der Waals surface area (Å²) in [5.41, 5.74) is 0.818. The molecule has 0 saturated heterocycles. The third-order valence-corrected chi connectivity index (χ3v) is 5.72. The van der Waals surface area contributed by atoms with Gasteiger partial charge in [-0.1, -0.05) is 48.5 Å². The molecule has 0 bridgehead atoms. The minimum atomic E-state index is -3.24. The lowest BCUT2D eigenvalue weighted by atomic mass is 10.1. The number of benzene rings is 3. The Hall–Kier alpha value is -2.86. The average molecular weight is 397 g/mol. The Morgan fingerprint density at radius 3 is 2.25 bits per heavy atom. The van der Waals surface area contributed by atoms with Crippen LogP contribution in [0.4, 0.5) is 0 Å². The van der Waals surface area contributed by atoms with Crippen LogP contribution in [0.2, 0.25) is 0 Å². The zero-order valence-electron chi connectivity index (χ0n) is 16.0. The van der Waals surface area contributed by atoms with Crippen molar-refractivity contribution < 1.29 is 17.9 Å². The largest absolute Gasteiger partial charge is 0.480 e. The van der Waals surface area contributed by atoms with E-state index in [1.165, 1.54) is 6.26 Å². The van der Waals surface area contributed by atoms with Crippen molar-refractivity contribution in [3.05, 3.63) is 72.3 Å². The molecule has 0 heterocycles. The number of fused-ring (bicyclic) bond motifs is 1. The van der Waals surface area contributed by atoms with E-state index in [-0.39, 0.29) is 16.8 Å². The van der Waals surface area contributed by atoms with E-state index in [1.807, 2.05) is 49.4 Å². The smallest absolute Gasteiger partial charge is 0.261 e. The number of rotatable bonds is 6. The van der Waals surface area contributed by atoms with Crippen LogP contribution in [-0.4, -0.2) is 26.7 Å². The summed E-state index contributed by atoms with van der Waals surface area (Å²) < 4.78 is 29.0. The Kier molecular flexibility index (Phi) is 5.70. The predicted octanol–water partition coefficient (Wildman–Crippen LogP) is 3.89. The Balaban J connectivity index is 1.68. The van der Waals surface area contributed by atoms with Gasteiger partial charge in [0.2, 0.25) is 0 Å². The first-order chi connectivity index (χ1) is 13.3. The van der Waals surface area contributed by atoms with Crippen LogP contribution >= 0.6 is 0 Å². The molecule has 5 nitrogen and oxygen atoms in total. The van der Waals surface area contributed by atoms with Crippen LogP contribution in [0.5, 0.6) is 5.75 Å². The number of sulfone groups is 1. The van der Waals surface area contributed by atoms with E-state index in [0.29, 0.717) is 5.75 Å². The van der Waals surface area contributed by atoms with E-state index in [4.69, 9.17) is 4.74 Å². The lowest BCUT2D eigenvalue weighted by Crippen LogP contribution is -2.37. The molecule has 3 aromatic carbocycles. The molecule has 0 aliphatic carbocycles. The normalized spacial score (nSPS) is 13.7. The molecule has 0 spiro atoms. The minimum Gasteiger partial charge on any atom is -0.480 e. The monoisotopic (exact) mass is 397 g/mol. The van der Waals surface area contributed by atoms with Crippen molar-refractivity contribution in [1.82, 2.24) is 5.32 Å². The molecule has 3 aromatic rings. The number of carbonyl (C=O) groups excluding carboxylic acids is 1. The Bertz CT molecular complexity index is 1090.